The zero-order valence-corrected chi connectivity index (χ0v) is 8.05. The Morgan fingerprint density at radius 1 is 1.50 bits per heavy atom. The summed E-state index contributed by atoms with van der Waals surface area (Å²) in [6.07, 6.45) is 5.21. The van der Waals surface area contributed by atoms with Crippen molar-refractivity contribution in [3.05, 3.63) is 0 Å². The molecule has 0 aromatic heterocycles. The monoisotopic (exact) mass is 168 g/mol. The third-order valence-electron chi connectivity index (χ3n) is 3.40. The van der Waals surface area contributed by atoms with Crippen LogP contribution in [0.5, 0.6) is 0 Å². The SMILES string of the molecule is CC1CCN(CC2(N)CCC2)C1. The Hall–Kier alpha value is -0.0800. The molecule has 12 heavy (non-hydrogen) atoms. The molecule has 2 nitrogen and oxygen atoms in total. The second-order valence-electron chi connectivity index (χ2n) is 4.84. The quantitative estimate of drug-likeness (QED) is 0.671. The number of rotatable bonds is 2. The first-order valence-corrected chi connectivity index (χ1v) is 5.19. The second-order valence-corrected chi connectivity index (χ2v) is 4.84. The molecule has 0 aromatic rings. The fourth-order valence-corrected chi connectivity index (χ4v) is 2.40. The van der Waals surface area contributed by atoms with Crippen LogP contribution >= 0.6 is 0 Å². The van der Waals surface area contributed by atoms with Crippen LogP contribution < -0.4 is 5.73 Å². The molecule has 1 heterocycles. The zero-order chi connectivity index (χ0) is 8.60. The highest BCUT2D eigenvalue weighted by atomic mass is 15.2. The van der Waals surface area contributed by atoms with Crippen LogP contribution in [0.3, 0.4) is 0 Å². The van der Waals surface area contributed by atoms with Crippen LogP contribution in [0.2, 0.25) is 0 Å². The molecule has 0 bridgehead atoms. The Bertz CT molecular complexity index is 163. The molecule has 0 radical (unpaired) electrons. The van der Waals surface area contributed by atoms with Crippen LogP contribution in [-0.4, -0.2) is 30.1 Å². The molecule has 70 valence electrons. The van der Waals surface area contributed by atoms with Crippen molar-refractivity contribution in [1.82, 2.24) is 4.90 Å². The van der Waals surface area contributed by atoms with Gasteiger partial charge in [0.1, 0.15) is 0 Å². The summed E-state index contributed by atoms with van der Waals surface area (Å²) in [6, 6.07) is 0. The van der Waals surface area contributed by atoms with E-state index in [1.807, 2.05) is 0 Å². The van der Waals surface area contributed by atoms with Gasteiger partial charge in [0.05, 0.1) is 0 Å². The minimum Gasteiger partial charge on any atom is -0.324 e. The average molecular weight is 168 g/mol. The van der Waals surface area contributed by atoms with Crippen LogP contribution in [0.4, 0.5) is 0 Å². The summed E-state index contributed by atoms with van der Waals surface area (Å²) in [5.74, 6) is 0.897. The summed E-state index contributed by atoms with van der Waals surface area (Å²) < 4.78 is 0. The van der Waals surface area contributed by atoms with Crippen LogP contribution in [0.25, 0.3) is 0 Å². The van der Waals surface area contributed by atoms with Crippen molar-refractivity contribution in [3.8, 4) is 0 Å². The molecule has 1 saturated heterocycles. The molecule has 1 aliphatic heterocycles. The van der Waals surface area contributed by atoms with Gasteiger partial charge in [-0.3, -0.25) is 0 Å². The van der Waals surface area contributed by atoms with Gasteiger partial charge in [-0.15, -0.1) is 0 Å². The molecule has 2 fully saturated rings. The number of hydrogen-bond donors (Lipinski definition) is 1. The first kappa shape index (κ1) is 8.52. The summed E-state index contributed by atoms with van der Waals surface area (Å²) in [6.45, 7) is 6.04. The molecule has 2 aliphatic rings. The van der Waals surface area contributed by atoms with Crippen molar-refractivity contribution in [2.45, 2.75) is 38.1 Å². The maximum absolute atomic E-state index is 6.19. The van der Waals surface area contributed by atoms with Gasteiger partial charge in [-0.25, -0.2) is 0 Å². The summed E-state index contributed by atoms with van der Waals surface area (Å²) in [4.78, 5) is 2.55. The van der Waals surface area contributed by atoms with E-state index < -0.39 is 0 Å². The molecule has 0 aromatic carbocycles. The minimum atomic E-state index is 0.198. The predicted octanol–water partition coefficient (Wildman–Crippen LogP) is 1.21. The fourth-order valence-electron chi connectivity index (χ4n) is 2.40. The Balaban J connectivity index is 1.79. The van der Waals surface area contributed by atoms with Crippen molar-refractivity contribution in [2.24, 2.45) is 11.7 Å². The highest BCUT2D eigenvalue weighted by Crippen LogP contribution is 2.31. The van der Waals surface area contributed by atoms with Gasteiger partial charge in [0.25, 0.3) is 0 Å². The van der Waals surface area contributed by atoms with Crippen molar-refractivity contribution in [2.75, 3.05) is 19.6 Å². The predicted molar refractivity (Wildman–Crippen MR) is 51.0 cm³/mol. The summed E-state index contributed by atoms with van der Waals surface area (Å²) in [7, 11) is 0. The van der Waals surface area contributed by atoms with Gasteiger partial charge in [0.2, 0.25) is 0 Å². The van der Waals surface area contributed by atoms with Gasteiger partial charge in [-0.2, -0.15) is 0 Å². The van der Waals surface area contributed by atoms with Gasteiger partial charge in [-0.05, 0) is 38.1 Å². The molecule has 2 heteroatoms. The zero-order valence-electron chi connectivity index (χ0n) is 8.05. The topological polar surface area (TPSA) is 29.3 Å². The Morgan fingerprint density at radius 2 is 2.25 bits per heavy atom. The van der Waals surface area contributed by atoms with Crippen LogP contribution in [0, 0.1) is 5.92 Å². The molecular formula is C10H20N2. The molecule has 1 unspecified atom stereocenters. The van der Waals surface area contributed by atoms with Gasteiger partial charge in [0, 0.05) is 18.6 Å². The number of hydrogen-bond acceptors (Lipinski definition) is 2. The molecule has 0 amide bonds. The van der Waals surface area contributed by atoms with E-state index in [1.54, 1.807) is 0 Å². The number of nitrogens with two attached hydrogens (primary N) is 1. The van der Waals surface area contributed by atoms with Crippen molar-refractivity contribution in [1.29, 1.82) is 0 Å². The molecular weight excluding hydrogens is 148 g/mol. The Morgan fingerprint density at radius 3 is 2.67 bits per heavy atom. The van der Waals surface area contributed by atoms with E-state index in [1.165, 1.54) is 38.8 Å². The fraction of sp³-hybridized carbons (Fsp3) is 1.00. The van der Waals surface area contributed by atoms with Gasteiger partial charge in [-0.1, -0.05) is 6.92 Å². The third-order valence-corrected chi connectivity index (χ3v) is 3.40. The average Bonchev–Trinajstić information content (AvgIpc) is 2.32. The smallest absolute Gasteiger partial charge is 0.0283 e. The maximum atomic E-state index is 6.19. The first-order valence-electron chi connectivity index (χ1n) is 5.19. The Labute approximate surface area is 75.1 Å². The highest BCUT2D eigenvalue weighted by molar-refractivity contribution is 4.96. The lowest BCUT2D eigenvalue weighted by molar-refractivity contribution is 0.162. The molecule has 0 spiro atoms. The lowest BCUT2D eigenvalue weighted by Gasteiger charge is -2.41. The Kier molecular flexibility index (Phi) is 2.13. The highest BCUT2D eigenvalue weighted by Gasteiger charge is 2.35. The van der Waals surface area contributed by atoms with E-state index in [2.05, 4.69) is 11.8 Å². The first-order chi connectivity index (χ1) is 5.68. The van der Waals surface area contributed by atoms with Gasteiger partial charge in [0.15, 0.2) is 0 Å². The third kappa shape index (κ3) is 1.64. The van der Waals surface area contributed by atoms with E-state index in [9.17, 15) is 0 Å². The van der Waals surface area contributed by atoms with Gasteiger partial charge >= 0.3 is 0 Å². The maximum Gasteiger partial charge on any atom is 0.0283 e. The molecule has 1 saturated carbocycles. The largest absolute Gasteiger partial charge is 0.324 e. The van der Waals surface area contributed by atoms with E-state index in [0.717, 1.165) is 12.5 Å². The minimum absolute atomic E-state index is 0.198. The lowest BCUT2D eigenvalue weighted by Crippen LogP contribution is -2.54. The van der Waals surface area contributed by atoms with Gasteiger partial charge < -0.3 is 10.6 Å². The summed E-state index contributed by atoms with van der Waals surface area (Å²) >= 11 is 0. The number of likely N-dealkylation sites (tertiary alicyclic amines) is 1. The molecule has 1 aliphatic carbocycles. The molecule has 1 atom stereocenters. The van der Waals surface area contributed by atoms with Crippen molar-refractivity contribution in [3.63, 3.8) is 0 Å². The molecule has 2 N–H and O–H groups in total. The second kappa shape index (κ2) is 3.00. The van der Waals surface area contributed by atoms with E-state index in [-0.39, 0.29) is 5.54 Å². The standard InChI is InChI=1S/C10H20N2/c1-9-3-6-12(7-9)8-10(11)4-2-5-10/h9H,2-8,11H2,1H3. The normalized spacial score (nSPS) is 35.0. The van der Waals surface area contributed by atoms with Crippen molar-refractivity contribution < 1.29 is 0 Å². The summed E-state index contributed by atoms with van der Waals surface area (Å²) in [5.41, 5.74) is 6.38. The van der Waals surface area contributed by atoms with Crippen molar-refractivity contribution >= 4 is 0 Å². The number of nitrogens with zero attached hydrogens (tertiary/aromatic N) is 1. The van der Waals surface area contributed by atoms with E-state index >= 15 is 0 Å². The van der Waals surface area contributed by atoms with Crippen LogP contribution in [0.1, 0.15) is 32.6 Å². The van der Waals surface area contributed by atoms with Crippen LogP contribution in [-0.2, 0) is 0 Å². The molecule has 2 rings (SSSR count). The van der Waals surface area contributed by atoms with E-state index in [0.29, 0.717) is 0 Å². The lowest BCUT2D eigenvalue weighted by atomic mass is 9.77. The van der Waals surface area contributed by atoms with Crippen LogP contribution in [0.15, 0.2) is 0 Å². The van der Waals surface area contributed by atoms with E-state index in [4.69, 9.17) is 5.73 Å². The summed E-state index contributed by atoms with van der Waals surface area (Å²) in [5, 5.41) is 0.